The Balaban J connectivity index is 1.95. The van der Waals surface area contributed by atoms with Gasteiger partial charge in [0.1, 0.15) is 12.4 Å². The van der Waals surface area contributed by atoms with E-state index in [0.717, 1.165) is 24.8 Å². The lowest BCUT2D eigenvalue weighted by molar-refractivity contribution is -0.136. The summed E-state index contributed by atoms with van der Waals surface area (Å²) in [6.07, 6.45) is 2.62. The molecule has 2 aliphatic heterocycles. The smallest absolute Gasteiger partial charge is 0.337 e. The van der Waals surface area contributed by atoms with Crippen molar-refractivity contribution in [3.05, 3.63) is 73.1 Å². The highest BCUT2D eigenvalue weighted by Gasteiger charge is 2.41. The number of aryl methyl sites for hydroxylation is 1. The van der Waals surface area contributed by atoms with Crippen LogP contribution >= 0.6 is 0 Å². The first-order valence-electron chi connectivity index (χ1n) is 9.68. The van der Waals surface area contributed by atoms with Crippen LogP contribution in [0.15, 0.2) is 45.1 Å². The number of carbonyl (C=O) groups excluding carboxylic acids is 1. The molecule has 7 nitrogen and oxygen atoms in total. The SMILES string of the molecule is CCCCn1c2c(c(=O)[nH]c1=O)C(c1ccc(CC)cc1)C1=C(COC1=O)N2. The van der Waals surface area contributed by atoms with Gasteiger partial charge in [-0.3, -0.25) is 14.3 Å². The monoisotopic (exact) mass is 381 g/mol. The van der Waals surface area contributed by atoms with E-state index >= 15 is 0 Å². The first-order valence-corrected chi connectivity index (χ1v) is 9.68. The summed E-state index contributed by atoms with van der Waals surface area (Å²) in [5, 5.41) is 3.15. The number of anilines is 1. The van der Waals surface area contributed by atoms with Crippen LogP contribution in [0.2, 0.25) is 0 Å². The molecule has 146 valence electrons. The zero-order chi connectivity index (χ0) is 19.8. The van der Waals surface area contributed by atoms with Crippen molar-refractivity contribution in [3.8, 4) is 0 Å². The number of carbonyl (C=O) groups is 1. The number of aromatic nitrogens is 2. The molecule has 1 aromatic heterocycles. The molecule has 2 aromatic rings. The summed E-state index contributed by atoms with van der Waals surface area (Å²) in [7, 11) is 0. The van der Waals surface area contributed by atoms with Crippen LogP contribution < -0.4 is 16.6 Å². The minimum atomic E-state index is -0.565. The average Bonchev–Trinajstić information content (AvgIpc) is 3.07. The van der Waals surface area contributed by atoms with E-state index in [1.54, 1.807) is 4.57 Å². The highest BCUT2D eigenvalue weighted by Crippen LogP contribution is 2.42. The van der Waals surface area contributed by atoms with Crippen LogP contribution in [0.25, 0.3) is 0 Å². The van der Waals surface area contributed by atoms with Crippen LogP contribution in [0.1, 0.15) is 49.3 Å². The van der Waals surface area contributed by atoms with Gasteiger partial charge in [0.25, 0.3) is 5.56 Å². The molecular weight excluding hydrogens is 358 g/mol. The Morgan fingerprint density at radius 2 is 1.89 bits per heavy atom. The second-order valence-electron chi connectivity index (χ2n) is 7.15. The van der Waals surface area contributed by atoms with Gasteiger partial charge in [-0.15, -0.1) is 0 Å². The first kappa shape index (κ1) is 18.3. The number of aromatic amines is 1. The molecule has 2 aliphatic rings. The van der Waals surface area contributed by atoms with Crippen LogP contribution in [-0.4, -0.2) is 22.1 Å². The Labute approximate surface area is 162 Å². The predicted octanol–water partition coefficient (Wildman–Crippen LogP) is 2.27. The van der Waals surface area contributed by atoms with Crippen molar-refractivity contribution in [1.82, 2.24) is 9.55 Å². The molecule has 0 radical (unpaired) electrons. The molecule has 0 saturated heterocycles. The summed E-state index contributed by atoms with van der Waals surface area (Å²) < 4.78 is 6.80. The first-order chi connectivity index (χ1) is 13.5. The van der Waals surface area contributed by atoms with Crippen molar-refractivity contribution < 1.29 is 9.53 Å². The standard InChI is InChI=1S/C21H23N3O4/c1-3-5-10-24-18-17(19(25)23-21(24)27)15(13-8-6-12(4-2)7-9-13)16-14(22-18)11-28-20(16)26/h6-9,15,22H,3-5,10-11H2,1-2H3,(H,23,25,27). The quantitative estimate of drug-likeness (QED) is 0.775. The van der Waals surface area contributed by atoms with Gasteiger partial charge in [0.2, 0.25) is 0 Å². The van der Waals surface area contributed by atoms with Gasteiger partial charge in [-0.1, -0.05) is 44.5 Å². The molecule has 0 amide bonds. The van der Waals surface area contributed by atoms with E-state index in [-0.39, 0.29) is 6.61 Å². The van der Waals surface area contributed by atoms with Gasteiger partial charge in [-0.2, -0.15) is 0 Å². The van der Waals surface area contributed by atoms with Gasteiger partial charge in [0.15, 0.2) is 0 Å². The van der Waals surface area contributed by atoms with Gasteiger partial charge in [0.05, 0.1) is 22.8 Å². The Morgan fingerprint density at radius 3 is 2.57 bits per heavy atom. The molecule has 0 bridgehead atoms. The fourth-order valence-electron chi connectivity index (χ4n) is 3.90. The molecule has 3 heterocycles. The summed E-state index contributed by atoms with van der Waals surface area (Å²) in [6, 6.07) is 7.88. The molecular formula is C21H23N3O4. The summed E-state index contributed by atoms with van der Waals surface area (Å²) in [6.45, 7) is 4.71. The molecule has 0 fully saturated rings. The topological polar surface area (TPSA) is 93.2 Å². The molecule has 2 N–H and O–H groups in total. The molecule has 4 rings (SSSR count). The van der Waals surface area contributed by atoms with Crippen LogP contribution in [0, 0.1) is 0 Å². The van der Waals surface area contributed by atoms with Crippen LogP contribution in [-0.2, 0) is 22.5 Å². The zero-order valence-electron chi connectivity index (χ0n) is 16.0. The van der Waals surface area contributed by atoms with Crippen molar-refractivity contribution in [1.29, 1.82) is 0 Å². The third-order valence-electron chi connectivity index (χ3n) is 5.43. The molecule has 0 spiro atoms. The maximum atomic E-state index is 12.8. The number of nitrogens with one attached hydrogen (secondary N) is 2. The number of cyclic esters (lactones) is 1. The van der Waals surface area contributed by atoms with Crippen LogP contribution in [0.5, 0.6) is 0 Å². The molecule has 0 aliphatic carbocycles. The van der Waals surface area contributed by atoms with E-state index in [0.29, 0.717) is 29.2 Å². The lowest BCUT2D eigenvalue weighted by Gasteiger charge is -2.28. The van der Waals surface area contributed by atoms with E-state index in [9.17, 15) is 14.4 Å². The van der Waals surface area contributed by atoms with E-state index in [2.05, 4.69) is 17.2 Å². The lowest BCUT2D eigenvalue weighted by atomic mass is 9.82. The average molecular weight is 381 g/mol. The molecule has 7 heteroatoms. The number of fused-ring (bicyclic) bond motifs is 1. The van der Waals surface area contributed by atoms with Gasteiger partial charge >= 0.3 is 11.7 Å². The van der Waals surface area contributed by atoms with Crippen molar-refractivity contribution in [2.45, 2.75) is 45.6 Å². The van der Waals surface area contributed by atoms with Crippen molar-refractivity contribution >= 4 is 11.8 Å². The molecule has 0 saturated carbocycles. The third-order valence-corrected chi connectivity index (χ3v) is 5.43. The molecule has 28 heavy (non-hydrogen) atoms. The minimum absolute atomic E-state index is 0.117. The van der Waals surface area contributed by atoms with Gasteiger partial charge in [0, 0.05) is 6.54 Å². The normalized spacial score (nSPS) is 17.8. The maximum absolute atomic E-state index is 12.8. The van der Waals surface area contributed by atoms with E-state index in [1.807, 2.05) is 31.2 Å². The second kappa shape index (κ2) is 7.14. The molecule has 1 aromatic carbocycles. The Kier molecular flexibility index (Phi) is 4.66. The van der Waals surface area contributed by atoms with Gasteiger partial charge < -0.3 is 10.1 Å². The fraction of sp³-hybridized carbons (Fsp3) is 0.381. The number of nitrogens with zero attached hydrogens (tertiary/aromatic N) is 1. The maximum Gasteiger partial charge on any atom is 0.337 e. The fourth-order valence-corrected chi connectivity index (χ4v) is 3.90. The second-order valence-corrected chi connectivity index (χ2v) is 7.15. The van der Waals surface area contributed by atoms with E-state index in [1.165, 1.54) is 5.56 Å². The number of benzene rings is 1. The highest BCUT2D eigenvalue weighted by atomic mass is 16.5. The van der Waals surface area contributed by atoms with Gasteiger partial charge in [-0.25, -0.2) is 9.59 Å². The zero-order valence-corrected chi connectivity index (χ0v) is 16.0. The summed E-state index contributed by atoms with van der Waals surface area (Å²) in [4.78, 5) is 40.2. The molecule has 1 atom stereocenters. The third kappa shape index (κ3) is 2.87. The number of ether oxygens (including phenoxy) is 1. The number of H-pyrrole nitrogens is 1. The summed E-state index contributed by atoms with van der Waals surface area (Å²) >= 11 is 0. The largest absolute Gasteiger partial charge is 0.456 e. The van der Waals surface area contributed by atoms with Crippen LogP contribution in [0.4, 0.5) is 5.82 Å². The summed E-state index contributed by atoms with van der Waals surface area (Å²) in [5.74, 6) is -0.531. The van der Waals surface area contributed by atoms with Crippen molar-refractivity contribution in [2.24, 2.45) is 0 Å². The van der Waals surface area contributed by atoms with Gasteiger partial charge in [-0.05, 0) is 24.0 Å². The molecule has 1 unspecified atom stereocenters. The number of hydrogen-bond donors (Lipinski definition) is 2. The minimum Gasteiger partial charge on any atom is -0.456 e. The number of unbranched alkanes of at least 4 members (excludes halogenated alkanes) is 1. The predicted molar refractivity (Wildman–Crippen MR) is 106 cm³/mol. The van der Waals surface area contributed by atoms with Crippen molar-refractivity contribution in [2.75, 3.05) is 11.9 Å². The lowest BCUT2D eigenvalue weighted by Crippen LogP contribution is -2.38. The van der Waals surface area contributed by atoms with Crippen LogP contribution in [0.3, 0.4) is 0 Å². The van der Waals surface area contributed by atoms with E-state index < -0.39 is 23.1 Å². The highest BCUT2D eigenvalue weighted by molar-refractivity contribution is 5.96. The number of rotatable bonds is 5. The Hall–Kier alpha value is -3.09. The van der Waals surface area contributed by atoms with Crippen molar-refractivity contribution in [3.63, 3.8) is 0 Å². The summed E-state index contributed by atoms with van der Waals surface area (Å²) in [5.41, 5.74) is 2.54. The Bertz CT molecular complexity index is 1080. The van der Waals surface area contributed by atoms with E-state index in [4.69, 9.17) is 4.74 Å². The number of esters is 1. The number of hydrogen-bond acceptors (Lipinski definition) is 5. The Morgan fingerprint density at radius 1 is 1.14 bits per heavy atom.